The van der Waals surface area contributed by atoms with E-state index in [-0.39, 0.29) is 0 Å². The number of anilines is 1. The van der Waals surface area contributed by atoms with Gasteiger partial charge in [0, 0.05) is 51.3 Å². The highest BCUT2D eigenvalue weighted by molar-refractivity contribution is 5.44. The van der Waals surface area contributed by atoms with Crippen LogP contribution in [0.4, 0.5) is 5.69 Å². The molecule has 2 rings (SSSR count). The van der Waals surface area contributed by atoms with Gasteiger partial charge in [0.15, 0.2) is 0 Å². The predicted molar refractivity (Wildman–Crippen MR) is 53.4 cm³/mol. The molecule has 3 nitrogen and oxygen atoms in total. The molecule has 69 valence electrons. The highest BCUT2D eigenvalue weighted by Gasteiger charge is 2.13. The van der Waals surface area contributed by atoms with E-state index < -0.39 is 0 Å². The standard InChI is InChI=1S/C10H14N3/c1-12-6-8-13(9-7-12)10-2-4-11-5-3-10/h2-5H,1,6-9H2. The molecule has 1 aromatic rings. The van der Waals surface area contributed by atoms with Crippen LogP contribution in [0.5, 0.6) is 0 Å². The van der Waals surface area contributed by atoms with Gasteiger partial charge in [-0.2, -0.15) is 0 Å². The zero-order valence-corrected chi connectivity index (χ0v) is 7.69. The average molecular weight is 176 g/mol. The molecule has 0 saturated carbocycles. The van der Waals surface area contributed by atoms with Crippen molar-refractivity contribution < 1.29 is 0 Å². The number of hydrogen-bond donors (Lipinski definition) is 0. The Labute approximate surface area is 79.0 Å². The molecular formula is C10H14N3. The Morgan fingerprint density at radius 3 is 2.31 bits per heavy atom. The van der Waals surface area contributed by atoms with E-state index >= 15 is 0 Å². The molecule has 1 radical (unpaired) electrons. The van der Waals surface area contributed by atoms with E-state index in [1.165, 1.54) is 5.69 Å². The molecule has 0 unspecified atom stereocenters. The molecular weight excluding hydrogens is 162 g/mol. The Kier molecular flexibility index (Phi) is 2.45. The van der Waals surface area contributed by atoms with Crippen molar-refractivity contribution in [1.29, 1.82) is 0 Å². The first-order chi connectivity index (χ1) is 6.36. The summed E-state index contributed by atoms with van der Waals surface area (Å²) in [6.45, 7) is 4.21. The Balaban J connectivity index is 2.03. The number of nitrogens with zero attached hydrogens (tertiary/aromatic N) is 3. The summed E-state index contributed by atoms with van der Waals surface area (Å²) in [7, 11) is 3.92. The first-order valence-electron chi connectivity index (χ1n) is 4.57. The Bertz CT molecular complexity index is 252. The summed E-state index contributed by atoms with van der Waals surface area (Å²) in [6, 6.07) is 4.11. The normalized spacial score (nSPS) is 19.0. The molecule has 3 heteroatoms. The fourth-order valence-corrected chi connectivity index (χ4v) is 1.56. The number of piperazine rings is 1. The van der Waals surface area contributed by atoms with Gasteiger partial charge in [-0.05, 0) is 12.1 Å². The maximum Gasteiger partial charge on any atom is 0.0397 e. The fraction of sp³-hybridized carbons (Fsp3) is 0.400. The zero-order valence-electron chi connectivity index (χ0n) is 7.69. The Hall–Kier alpha value is -1.09. The van der Waals surface area contributed by atoms with Crippen LogP contribution in [0.1, 0.15) is 0 Å². The molecule has 1 fully saturated rings. The van der Waals surface area contributed by atoms with Gasteiger partial charge in [0.2, 0.25) is 0 Å². The summed E-state index contributed by atoms with van der Waals surface area (Å²) in [5, 5.41) is 0. The average Bonchev–Trinajstić information content (AvgIpc) is 2.20. The lowest BCUT2D eigenvalue weighted by molar-refractivity contribution is 0.344. The highest BCUT2D eigenvalue weighted by atomic mass is 15.2. The highest BCUT2D eigenvalue weighted by Crippen LogP contribution is 2.13. The fourth-order valence-electron chi connectivity index (χ4n) is 1.56. The second-order valence-corrected chi connectivity index (χ2v) is 3.31. The molecule has 1 aromatic heterocycles. The van der Waals surface area contributed by atoms with Gasteiger partial charge in [-0.3, -0.25) is 9.88 Å². The molecule has 0 aliphatic carbocycles. The van der Waals surface area contributed by atoms with Crippen molar-refractivity contribution in [2.75, 3.05) is 31.1 Å². The summed E-state index contributed by atoms with van der Waals surface area (Å²) in [6.07, 6.45) is 3.68. The molecule has 0 bridgehead atoms. The lowest BCUT2D eigenvalue weighted by Gasteiger charge is -2.33. The number of aromatic nitrogens is 1. The molecule has 0 atom stereocenters. The van der Waals surface area contributed by atoms with Crippen LogP contribution in [0.15, 0.2) is 24.5 Å². The van der Waals surface area contributed by atoms with Crippen LogP contribution >= 0.6 is 0 Å². The minimum absolute atomic E-state index is 1.04. The van der Waals surface area contributed by atoms with Gasteiger partial charge in [0.25, 0.3) is 0 Å². The van der Waals surface area contributed by atoms with E-state index in [0.717, 1.165) is 26.2 Å². The second kappa shape index (κ2) is 3.75. The van der Waals surface area contributed by atoms with Gasteiger partial charge in [0.1, 0.15) is 0 Å². The van der Waals surface area contributed by atoms with E-state index in [9.17, 15) is 0 Å². The van der Waals surface area contributed by atoms with Crippen molar-refractivity contribution in [3.63, 3.8) is 0 Å². The summed E-state index contributed by atoms with van der Waals surface area (Å²) in [5.41, 5.74) is 1.27. The third-order valence-corrected chi connectivity index (χ3v) is 2.40. The summed E-state index contributed by atoms with van der Waals surface area (Å²) in [4.78, 5) is 8.48. The van der Waals surface area contributed by atoms with Crippen LogP contribution < -0.4 is 4.90 Å². The molecule has 13 heavy (non-hydrogen) atoms. The largest absolute Gasteiger partial charge is 0.369 e. The molecule has 1 saturated heterocycles. The molecule has 0 spiro atoms. The molecule has 0 amide bonds. The Morgan fingerprint density at radius 2 is 1.69 bits per heavy atom. The van der Waals surface area contributed by atoms with Gasteiger partial charge in [-0.25, -0.2) is 0 Å². The number of rotatable bonds is 1. The van der Waals surface area contributed by atoms with E-state index in [2.05, 4.69) is 34.0 Å². The van der Waals surface area contributed by atoms with Crippen LogP contribution in [0.3, 0.4) is 0 Å². The predicted octanol–water partition coefficient (Wildman–Crippen LogP) is 0.995. The van der Waals surface area contributed by atoms with Crippen molar-refractivity contribution in [1.82, 2.24) is 9.88 Å². The maximum absolute atomic E-state index is 4.01. The quantitative estimate of drug-likeness (QED) is 0.636. The number of pyridine rings is 1. The van der Waals surface area contributed by atoms with Crippen molar-refractivity contribution in [3.05, 3.63) is 31.6 Å². The molecule has 1 aliphatic rings. The van der Waals surface area contributed by atoms with Gasteiger partial charge in [-0.15, -0.1) is 0 Å². The van der Waals surface area contributed by atoms with E-state index in [1.54, 1.807) is 0 Å². The van der Waals surface area contributed by atoms with Gasteiger partial charge in [0.05, 0.1) is 0 Å². The topological polar surface area (TPSA) is 19.4 Å². The van der Waals surface area contributed by atoms with Crippen LogP contribution in [0.25, 0.3) is 0 Å². The first kappa shape index (κ1) is 8.51. The molecule has 1 aliphatic heterocycles. The molecule has 0 N–H and O–H groups in total. The minimum Gasteiger partial charge on any atom is -0.369 e. The van der Waals surface area contributed by atoms with Crippen molar-refractivity contribution in [3.8, 4) is 0 Å². The van der Waals surface area contributed by atoms with Crippen LogP contribution in [0, 0.1) is 7.05 Å². The van der Waals surface area contributed by atoms with E-state index in [1.807, 2.05) is 12.4 Å². The van der Waals surface area contributed by atoms with Gasteiger partial charge < -0.3 is 4.90 Å². The number of hydrogen-bond acceptors (Lipinski definition) is 3. The van der Waals surface area contributed by atoms with Crippen LogP contribution in [-0.4, -0.2) is 36.1 Å². The minimum atomic E-state index is 1.04. The third-order valence-electron chi connectivity index (χ3n) is 2.40. The van der Waals surface area contributed by atoms with Gasteiger partial charge in [-0.1, -0.05) is 0 Å². The second-order valence-electron chi connectivity index (χ2n) is 3.31. The Morgan fingerprint density at radius 1 is 1.08 bits per heavy atom. The summed E-state index contributed by atoms with van der Waals surface area (Å²) < 4.78 is 0. The first-order valence-corrected chi connectivity index (χ1v) is 4.57. The lowest BCUT2D eigenvalue weighted by Crippen LogP contribution is -2.43. The van der Waals surface area contributed by atoms with E-state index in [4.69, 9.17) is 0 Å². The van der Waals surface area contributed by atoms with Gasteiger partial charge >= 0.3 is 0 Å². The maximum atomic E-state index is 4.01. The third kappa shape index (κ3) is 1.98. The SMILES string of the molecule is [CH2]N1CCN(c2ccncc2)CC1. The summed E-state index contributed by atoms with van der Waals surface area (Å²) >= 11 is 0. The van der Waals surface area contributed by atoms with Crippen molar-refractivity contribution in [2.24, 2.45) is 0 Å². The van der Waals surface area contributed by atoms with Crippen LogP contribution in [0.2, 0.25) is 0 Å². The van der Waals surface area contributed by atoms with E-state index in [0.29, 0.717) is 0 Å². The monoisotopic (exact) mass is 176 g/mol. The smallest absolute Gasteiger partial charge is 0.0397 e. The molecule has 2 heterocycles. The zero-order chi connectivity index (χ0) is 9.10. The van der Waals surface area contributed by atoms with Crippen molar-refractivity contribution >= 4 is 5.69 Å². The molecule has 0 aromatic carbocycles. The van der Waals surface area contributed by atoms with Crippen molar-refractivity contribution in [2.45, 2.75) is 0 Å². The van der Waals surface area contributed by atoms with Crippen LogP contribution in [-0.2, 0) is 0 Å². The summed E-state index contributed by atoms with van der Waals surface area (Å²) in [5.74, 6) is 0. The lowest BCUT2D eigenvalue weighted by atomic mass is 10.3.